The zero-order valence-electron chi connectivity index (χ0n) is 15.7. The van der Waals surface area contributed by atoms with Crippen molar-refractivity contribution in [2.75, 3.05) is 13.1 Å². The lowest BCUT2D eigenvalue weighted by atomic mass is 10.1. The van der Waals surface area contributed by atoms with Gasteiger partial charge in [-0.05, 0) is 32.1 Å². The lowest BCUT2D eigenvalue weighted by Crippen LogP contribution is -2.28. The third-order valence-corrected chi connectivity index (χ3v) is 4.67. The van der Waals surface area contributed by atoms with Gasteiger partial charge in [0.05, 0.1) is 5.69 Å². The fraction of sp³-hybridized carbons (Fsp3) is 0.737. The van der Waals surface area contributed by atoms with Gasteiger partial charge in [-0.1, -0.05) is 39.5 Å². The highest BCUT2D eigenvalue weighted by molar-refractivity contribution is 5.97. The van der Waals surface area contributed by atoms with E-state index in [-0.39, 0.29) is 11.8 Å². The summed E-state index contributed by atoms with van der Waals surface area (Å²) in [5, 5.41) is 5.89. The molecule has 0 unspecified atom stereocenters. The molecule has 0 bridgehead atoms. The second kappa shape index (κ2) is 10.2. The van der Waals surface area contributed by atoms with Gasteiger partial charge in [-0.2, -0.15) is 0 Å². The normalized spacial score (nSPS) is 13.4. The molecule has 0 saturated heterocycles. The highest BCUT2D eigenvalue weighted by Gasteiger charge is 2.27. The molecule has 0 saturated carbocycles. The molecule has 2 N–H and O–H groups in total. The van der Waals surface area contributed by atoms with Gasteiger partial charge in [0, 0.05) is 19.6 Å². The Kier molecular flexibility index (Phi) is 7.95. The molecule has 0 aliphatic carbocycles. The van der Waals surface area contributed by atoms with Crippen LogP contribution in [0.4, 0.5) is 0 Å². The Labute approximate surface area is 150 Å². The molecule has 2 heterocycles. The van der Waals surface area contributed by atoms with Crippen LogP contribution < -0.4 is 10.6 Å². The lowest BCUT2D eigenvalue weighted by molar-refractivity contribution is 0.0937. The van der Waals surface area contributed by atoms with Crippen LogP contribution in [0.2, 0.25) is 0 Å². The minimum Gasteiger partial charge on any atom is -0.351 e. The van der Waals surface area contributed by atoms with E-state index in [0.717, 1.165) is 70.0 Å². The van der Waals surface area contributed by atoms with Crippen LogP contribution in [0.1, 0.15) is 92.0 Å². The Bertz CT molecular complexity index is 532. The second-order valence-electron chi connectivity index (χ2n) is 6.77. The minimum absolute atomic E-state index is 0.146. The molecule has 2 amide bonds. The van der Waals surface area contributed by atoms with Crippen molar-refractivity contribution in [2.24, 2.45) is 0 Å². The van der Waals surface area contributed by atoms with Gasteiger partial charge in [-0.25, -0.2) is 4.98 Å². The molecular formula is C19H32N4O2. The Morgan fingerprint density at radius 2 is 1.60 bits per heavy atom. The molecule has 1 aromatic heterocycles. The maximum Gasteiger partial charge on any atom is 0.287 e. The molecule has 0 atom stereocenters. The summed E-state index contributed by atoms with van der Waals surface area (Å²) < 4.78 is 1.94. The summed E-state index contributed by atoms with van der Waals surface area (Å²) in [5.41, 5.74) is 1.35. The number of rotatable bonds is 10. The molecule has 0 fully saturated rings. The van der Waals surface area contributed by atoms with Crippen LogP contribution in [0.15, 0.2) is 0 Å². The smallest absolute Gasteiger partial charge is 0.287 e. The van der Waals surface area contributed by atoms with E-state index in [1.807, 2.05) is 4.57 Å². The minimum atomic E-state index is -0.163. The van der Waals surface area contributed by atoms with Crippen LogP contribution >= 0.6 is 0 Å². The zero-order valence-corrected chi connectivity index (χ0v) is 15.7. The lowest BCUT2D eigenvalue weighted by Gasteiger charge is -2.17. The molecular weight excluding hydrogens is 316 g/mol. The molecule has 6 heteroatoms. The van der Waals surface area contributed by atoms with Crippen molar-refractivity contribution in [3.63, 3.8) is 0 Å². The number of carbonyl (C=O) groups is 2. The molecule has 1 aliphatic heterocycles. The van der Waals surface area contributed by atoms with Crippen molar-refractivity contribution in [2.45, 2.75) is 78.2 Å². The van der Waals surface area contributed by atoms with Crippen LogP contribution in [0.25, 0.3) is 0 Å². The van der Waals surface area contributed by atoms with E-state index in [4.69, 9.17) is 0 Å². The molecule has 6 nitrogen and oxygen atoms in total. The highest BCUT2D eigenvalue weighted by Crippen LogP contribution is 2.21. The monoisotopic (exact) mass is 348 g/mol. The first-order chi connectivity index (χ1) is 12.2. The number of hydrogen-bond acceptors (Lipinski definition) is 3. The fourth-order valence-corrected chi connectivity index (χ4v) is 3.21. The highest BCUT2D eigenvalue weighted by atomic mass is 16.2. The van der Waals surface area contributed by atoms with E-state index in [0.29, 0.717) is 24.6 Å². The molecule has 1 aromatic rings. The summed E-state index contributed by atoms with van der Waals surface area (Å²) >= 11 is 0. The fourth-order valence-electron chi connectivity index (χ4n) is 3.21. The topological polar surface area (TPSA) is 76.0 Å². The van der Waals surface area contributed by atoms with Crippen molar-refractivity contribution in [1.82, 2.24) is 20.2 Å². The van der Waals surface area contributed by atoms with Crippen LogP contribution in [-0.4, -0.2) is 34.5 Å². The van der Waals surface area contributed by atoms with Gasteiger partial charge >= 0.3 is 0 Å². The number of nitrogens with one attached hydrogen (secondary N) is 2. The van der Waals surface area contributed by atoms with Crippen molar-refractivity contribution < 1.29 is 9.59 Å². The maximum atomic E-state index is 12.5. The van der Waals surface area contributed by atoms with Gasteiger partial charge in [0.2, 0.25) is 0 Å². The van der Waals surface area contributed by atoms with E-state index in [1.54, 1.807) is 0 Å². The predicted molar refractivity (Wildman–Crippen MR) is 98.9 cm³/mol. The molecule has 0 radical (unpaired) electrons. The van der Waals surface area contributed by atoms with E-state index < -0.39 is 0 Å². The summed E-state index contributed by atoms with van der Waals surface area (Å²) in [6, 6.07) is 0. The molecule has 0 aromatic carbocycles. The number of imidazole rings is 1. The van der Waals surface area contributed by atoms with Crippen molar-refractivity contribution in [3.8, 4) is 0 Å². The van der Waals surface area contributed by atoms with Gasteiger partial charge in [0.1, 0.15) is 5.69 Å². The quantitative estimate of drug-likeness (QED) is 0.638. The van der Waals surface area contributed by atoms with Crippen LogP contribution in [0.5, 0.6) is 0 Å². The van der Waals surface area contributed by atoms with Gasteiger partial charge in [0.25, 0.3) is 11.8 Å². The number of hydrogen-bond donors (Lipinski definition) is 2. The zero-order chi connectivity index (χ0) is 18.1. The van der Waals surface area contributed by atoms with Crippen molar-refractivity contribution in [3.05, 3.63) is 17.2 Å². The summed E-state index contributed by atoms with van der Waals surface area (Å²) in [6.07, 6.45) is 9.28. The second-order valence-corrected chi connectivity index (χ2v) is 6.77. The Morgan fingerprint density at radius 1 is 0.960 bits per heavy atom. The summed E-state index contributed by atoms with van der Waals surface area (Å²) in [4.78, 5) is 29.4. The summed E-state index contributed by atoms with van der Waals surface area (Å²) in [6.45, 7) is 6.37. The third kappa shape index (κ3) is 5.31. The predicted octanol–water partition coefficient (Wildman–Crippen LogP) is 3.06. The van der Waals surface area contributed by atoms with Gasteiger partial charge in [-0.3, -0.25) is 9.59 Å². The summed E-state index contributed by atoms with van der Waals surface area (Å²) in [7, 11) is 0. The molecule has 140 valence electrons. The SMILES string of the molecule is CCCCCNC(=O)c1nc(C(=O)NCCCCC)n2c1CCCC2. The van der Waals surface area contributed by atoms with Gasteiger partial charge < -0.3 is 15.2 Å². The first-order valence-electron chi connectivity index (χ1n) is 9.84. The first-order valence-corrected chi connectivity index (χ1v) is 9.84. The molecule has 0 spiro atoms. The average Bonchev–Trinajstić information content (AvgIpc) is 3.02. The largest absolute Gasteiger partial charge is 0.351 e. The average molecular weight is 348 g/mol. The van der Waals surface area contributed by atoms with E-state index in [1.165, 1.54) is 0 Å². The van der Waals surface area contributed by atoms with Gasteiger partial charge in [-0.15, -0.1) is 0 Å². The number of unbranched alkanes of at least 4 members (excludes halogenated alkanes) is 4. The third-order valence-electron chi connectivity index (χ3n) is 4.67. The Hall–Kier alpha value is -1.85. The first kappa shape index (κ1) is 19.5. The van der Waals surface area contributed by atoms with Crippen LogP contribution in [0.3, 0.4) is 0 Å². The van der Waals surface area contributed by atoms with E-state index in [2.05, 4.69) is 29.5 Å². The van der Waals surface area contributed by atoms with Crippen LogP contribution in [0, 0.1) is 0 Å². The van der Waals surface area contributed by atoms with Crippen LogP contribution in [-0.2, 0) is 13.0 Å². The standard InChI is InChI=1S/C19H32N4O2/c1-3-5-8-12-20-18(24)16-15-11-7-10-14-23(15)17(22-16)19(25)21-13-9-6-4-2/h3-14H2,1-2H3,(H,20,24)(H,21,25). The van der Waals surface area contributed by atoms with Crippen molar-refractivity contribution >= 4 is 11.8 Å². The number of fused-ring (bicyclic) bond motifs is 1. The van der Waals surface area contributed by atoms with E-state index in [9.17, 15) is 9.59 Å². The Morgan fingerprint density at radius 3 is 2.24 bits per heavy atom. The van der Waals surface area contributed by atoms with Crippen molar-refractivity contribution in [1.29, 1.82) is 0 Å². The number of amides is 2. The van der Waals surface area contributed by atoms with E-state index >= 15 is 0 Å². The maximum absolute atomic E-state index is 12.5. The van der Waals surface area contributed by atoms with Gasteiger partial charge in [0.15, 0.2) is 5.82 Å². The number of nitrogens with zero attached hydrogens (tertiary/aromatic N) is 2. The molecule has 25 heavy (non-hydrogen) atoms. The Balaban J connectivity index is 2.06. The molecule has 2 rings (SSSR count). The number of aromatic nitrogens is 2. The molecule has 1 aliphatic rings. The number of carbonyl (C=O) groups excluding carboxylic acids is 2. The summed E-state index contributed by atoms with van der Waals surface area (Å²) in [5.74, 6) is 0.0842.